The number of carbonyl (C=O) groups is 1. The van der Waals surface area contributed by atoms with Gasteiger partial charge in [0.25, 0.3) is 11.5 Å². The van der Waals surface area contributed by atoms with Crippen LogP contribution in [0, 0.1) is 0 Å². The van der Waals surface area contributed by atoms with Gasteiger partial charge in [0.15, 0.2) is 0 Å². The molecule has 4 aromatic rings. The number of fused-ring (bicyclic) bond motifs is 1. The van der Waals surface area contributed by atoms with E-state index in [9.17, 15) is 9.59 Å². The number of hydrogen-bond acceptors (Lipinski definition) is 2. The van der Waals surface area contributed by atoms with Gasteiger partial charge in [0, 0.05) is 59.5 Å². The van der Waals surface area contributed by atoms with E-state index in [2.05, 4.69) is 10.3 Å². The van der Waals surface area contributed by atoms with Crippen molar-refractivity contribution in [3.8, 4) is 0 Å². The summed E-state index contributed by atoms with van der Waals surface area (Å²) in [5.41, 5.74) is 3.13. The molecule has 0 radical (unpaired) electrons. The predicted octanol–water partition coefficient (Wildman–Crippen LogP) is 4.08. The lowest BCUT2D eigenvalue weighted by atomic mass is 9.90. The fraction of sp³-hybridized carbons (Fsp3) is 0.130. The second-order valence-corrected chi connectivity index (χ2v) is 7.35. The Hall–Kier alpha value is -3.31. The molecule has 5 nitrogen and oxygen atoms in total. The van der Waals surface area contributed by atoms with Crippen LogP contribution in [-0.2, 0) is 7.05 Å². The summed E-state index contributed by atoms with van der Waals surface area (Å²) in [4.78, 5) is 27.8. The molecular formula is C23H20ClN3O2. The fourth-order valence-electron chi connectivity index (χ4n) is 3.51. The van der Waals surface area contributed by atoms with Crippen molar-refractivity contribution < 1.29 is 4.79 Å². The molecule has 4 rings (SSSR count). The Morgan fingerprint density at radius 2 is 1.86 bits per heavy atom. The monoisotopic (exact) mass is 405 g/mol. The van der Waals surface area contributed by atoms with Gasteiger partial charge in [0.1, 0.15) is 0 Å². The summed E-state index contributed by atoms with van der Waals surface area (Å²) in [6, 6.07) is 18.6. The smallest absolute Gasteiger partial charge is 0.251 e. The second kappa shape index (κ2) is 7.97. The van der Waals surface area contributed by atoms with Crippen LogP contribution in [0.4, 0.5) is 0 Å². The van der Waals surface area contributed by atoms with Gasteiger partial charge in [-0.1, -0.05) is 48.0 Å². The summed E-state index contributed by atoms with van der Waals surface area (Å²) in [6.45, 7) is 0.347. The number of nitrogens with zero attached hydrogens (tertiary/aromatic N) is 1. The van der Waals surface area contributed by atoms with Gasteiger partial charge in [0.2, 0.25) is 0 Å². The Kier molecular flexibility index (Phi) is 5.23. The van der Waals surface area contributed by atoms with Crippen LogP contribution in [0.1, 0.15) is 27.4 Å². The molecule has 6 heteroatoms. The summed E-state index contributed by atoms with van der Waals surface area (Å²) < 4.78 is 1.43. The minimum atomic E-state index is -0.292. The van der Waals surface area contributed by atoms with Gasteiger partial charge in [-0.15, -0.1) is 0 Å². The van der Waals surface area contributed by atoms with E-state index in [0.717, 1.165) is 22.0 Å². The first-order valence-corrected chi connectivity index (χ1v) is 9.67. The summed E-state index contributed by atoms with van der Waals surface area (Å²) in [6.07, 6.45) is 3.55. The Morgan fingerprint density at radius 3 is 2.66 bits per heavy atom. The molecule has 0 fully saturated rings. The number of aryl methyl sites for hydroxylation is 1. The maximum atomic E-state index is 12.7. The van der Waals surface area contributed by atoms with Gasteiger partial charge < -0.3 is 14.9 Å². The fourth-order valence-corrected chi connectivity index (χ4v) is 3.78. The lowest BCUT2D eigenvalue weighted by Gasteiger charge is -2.19. The molecule has 1 amide bonds. The second-order valence-electron chi connectivity index (χ2n) is 6.94. The number of benzene rings is 2. The van der Waals surface area contributed by atoms with E-state index >= 15 is 0 Å². The number of rotatable bonds is 5. The van der Waals surface area contributed by atoms with Gasteiger partial charge >= 0.3 is 0 Å². The first-order chi connectivity index (χ1) is 14.0. The average Bonchev–Trinajstić information content (AvgIpc) is 3.15. The average molecular weight is 406 g/mol. The first kappa shape index (κ1) is 19.0. The van der Waals surface area contributed by atoms with E-state index in [1.54, 1.807) is 19.3 Å². The molecule has 146 valence electrons. The quantitative estimate of drug-likeness (QED) is 0.525. The minimum absolute atomic E-state index is 0.143. The van der Waals surface area contributed by atoms with E-state index < -0.39 is 0 Å². The summed E-state index contributed by atoms with van der Waals surface area (Å²) in [5, 5.41) is 4.69. The van der Waals surface area contributed by atoms with Crippen molar-refractivity contribution in [2.75, 3.05) is 6.54 Å². The minimum Gasteiger partial charge on any atom is -0.361 e. The number of halogens is 1. The highest BCUT2D eigenvalue weighted by atomic mass is 35.5. The lowest BCUT2D eigenvalue weighted by Crippen LogP contribution is -2.30. The molecule has 0 saturated heterocycles. The topological polar surface area (TPSA) is 66.9 Å². The van der Waals surface area contributed by atoms with E-state index in [1.807, 2.05) is 54.7 Å². The van der Waals surface area contributed by atoms with E-state index in [-0.39, 0.29) is 17.4 Å². The van der Waals surface area contributed by atoms with Crippen LogP contribution in [0.5, 0.6) is 0 Å². The third kappa shape index (κ3) is 3.82. The molecule has 0 spiro atoms. The van der Waals surface area contributed by atoms with Crippen LogP contribution in [0.15, 0.2) is 77.9 Å². The number of hydrogen-bond donors (Lipinski definition) is 2. The normalized spacial score (nSPS) is 12.1. The molecule has 0 aliphatic carbocycles. The number of carbonyl (C=O) groups excluding carboxylic acids is 1. The number of amides is 1. The zero-order chi connectivity index (χ0) is 20.4. The van der Waals surface area contributed by atoms with Crippen LogP contribution in [0.25, 0.3) is 10.9 Å². The third-order valence-electron chi connectivity index (χ3n) is 5.11. The Balaban J connectivity index is 1.68. The van der Waals surface area contributed by atoms with Gasteiger partial charge in [-0.05, 0) is 29.3 Å². The van der Waals surface area contributed by atoms with Crippen LogP contribution in [-0.4, -0.2) is 22.0 Å². The summed E-state index contributed by atoms with van der Waals surface area (Å²) >= 11 is 6.49. The number of aromatic amines is 1. The number of H-pyrrole nitrogens is 1. The van der Waals surface area contributed by atoms with Gasteiger partial charge in [-0.25, -0.2) is 0 Å². The van der Waals surface area contributed by atoms with Crippen molar-refractivity contribution in [1.29, 1.82) is 0 Å². The molecule has 2 aromatic heterocycles. The predicted molar refractivity (Wildman–Crippen MR) is 116 cm³/mol. The van der Waals surface area contributed by atoms with E-state index in [0.29, 0.717) is 17.1 Å². The van der Waals surface area contributed by atoms with E-state index in [1.165, 1.54) is 10.6 Å². The van der Waals surface area contributed by atoms with Crippen LogP contribution < -0.4 is 10.9 Å². The Labute approximate surface area is 173 Å². The molecule has 0 bridgehead atoms. The van der Waals surface area contributed by atoms with Gasteiger partial charge in [0.05, 0.1) is 0 Å². The van der Waals surface area contributed by atoms with Crippen molar-refractivity contribution in [2.24, 2.45) is 7.05 Å². The molecule has 2 N–H and O–H groups in total. The van der Waals surface area contributed by atoms with Gasteiger partial charge in [-0.3, -0.25) is 9.59 Å². The highest BCUT2D eigenvalue weighted by Crippen LogP contribution is 2.34. The zero-order valence-corrected chi connectivity index (χ0v) is 16.6. The molecule has 0 saturated carbocycles. The largest absolute Gasteiger partial charge is 0.361 e. The highest BCUT2D eigenvalue weighted by Gasteiger charge is 2.21. The number of para-hydroxylation sites is 1. The summed E-state index contributed by atoms with van der Waals surface area (Å²) in [5.74, 6) is -0.435. The molecule has 0 aliphatic rings. The first-order valence-electron chi connectivity index (χ1n) is 9.30. The maximum absolute atomic E-state index is 12.7. The Morgan fingerprint density at radius 1 is 1.10 bits per heavy atom. The van der Waals surface area contributed by atoms with Crippen molar-refractivity contribution in [2.45, 2.75) is 5.92 Å². The molecule has 1 atom stereocenters. The molecule has 0 aliphatic heterocycles. The third-order valence-corrected chi connectivity index (χ3v) is 5.45. The molecule has 0 unspecified atom stereocenters. The SMILES string of the molecule is Cn1ccc(C(=O)NC[C@H](c2ccccc2Cl)c2c[nH]c3ccccc23)cc1=O. The molecule has 29 heavy (non-hydrogen) atoms. The zero-order valence-electron chi connectivity index (χ0n) is 15.9. The Bertz CT molecular complexity index is 1240. The van der Waals surface area contributed by atoms with Crippen LogP contribution in [0.2, 0.25) is 5.02 Å². The number of aromatic nitrogens is 2. The number of pyridine rings is 1. The van der Waals surface area contributed by atoms with Crippen LogP contribution in [0.3, 0.4) is 0 Å². The maximum Gasteiger partial charge on any atom is 0.251 e. The van der Waals surface area contributed by atoms with Crippen molar-refractivity contribution >= 4 is 28.4 Å². The molecule has 2 heterocycles. The van der Waals surface area contributed by atoms with Gasteiger partial charge in [-0.2, -0.15) is 0 Å². The molecule has 2 aromatic carbocycles. The van der Waals surface area contributed by atoms with Crippen molar-refractivity contribution in [3.63, 3.8) is 0 Å². The number of nitrogens with one attached hydrogen (secondary N) is 2. The van der Waals surface area contributed by atoms with E-state index in [4.69, 9.17) is 11.6 Å². The highest BCUT2D eigenvalue weighted by molar-refractivity contribution is 6.31. The van der Waals surface area contributed by atoms with Crippen LogP contribution >= 0.6 is 11.6 Å². The lowest BCUT2D eigenvalue weighted by molar-refractivity contribution is 0.0952. The van der Waals surface area contributed by atoms with Crippen molar-refractivity contribution in [1.82, 2.24) is 14.9 Å². The summed E-state index contributed by atoms with van der Waals surface area (Å²) in [7, 11) is 1.65. The standard InChI is InChI=1S/C23H20ClN3O2/c1-27-11-10-15(12-22(27)28)23(29)26-14-18(16-6-2-4-8-20(16)24)19-13-25-21-9-5-3-7-17(19)21/h2-13,18,25H,14H2,1H3,(H,26,29)/t18-/m1/s1. The van der Waals surface area contributed by atoms with Crippen molar-refractivity contribution in [3.05, 3.63) is 105 Å². The molecular weight excluding hydrogens is 386 g/mol.